The second kappa shape index (κ2) is 6.22. The number of carbonyl (C=O) groups is 1. The third-order valence-electron chi connectivity index (χ3n) is 3.37. The highest BCUT2D eigenvalue weighted by Crippen LogP contribution is 2.32. The molecule has 0 saturated carbocycles. The van der Waals surface area contributed by atoms with Crippen LogP contribution in [-0.2, 0) is 0 Å². The van der Waals surface area contributed by atoms with Gasteiger partial charge in [-0.05, 0) is 31.0 Å². The first-order valence-electron chi connectivity index (χ1n) is 6.79. The van der Waals surface area contributed by atoms with Crippen molar-refractivity contribution in [1.29, 1.82) is 0 Å². The third kappa shape index (κ3) is 3.67. The van der Waals surface area contributed by atoms with Crippen molar-refractivity contribution in [3.63, 3.8) is 0 Å². The van der Waals surface area contributed by atoms with Gasteiger partial charge in [-0.3, -0.25) is 4.79 Å². The van der Waals surface area contributed by atoms with Gasteiger partial charge in [0.05, 0.1) is 0 Å². The van der Waals surface area contributed by atoms with E-state index in [2.05, 4.69) is 5.32 Å². The van der Waals surface area contributed by atoms with Crippen molar-refractivity contribution in [2.24, 2.45) is 0 Å². The van der Waals surface area contributed by atoms with Crippen LogP contribution < -0.4 is 5.32 Å². The molecule has 0 fully saturated rings. The zero-order valence-corrected chi connectivity index (χ0v) is 12.2. The molecular formula is C17H16F3NO. The van der Waals surface area contributed by atoms with Crippen LogP contribution in [0.15, 0.2) is 48.5 Å². The Morgan fingerprint density at radius 2 is 1.68 bits per heavy atom. The summed E-state index contributed by atoms with van der Waals surface area (Å²) in [6, 6.07) is 10.4. The van der Waals surface area contributed by atoms with Crippen LogP contribution in [0.2, 0.25) is 0 Å². The van der Waals surface area contributed by atoms with E-state index in [4.69, 9.17) is 0 Å². The predicted octanol–water partition coefficient (Wildman–Crippen LogP) is 4.34. The number of hydrogen-bond donors (Lipinski definition) is 1. The van der Waals surface area contributed by atoms with E-state index in [1.807, 2.05) is 6.07 Å². The lowest BCUT2D eigenvalue weighted by atomic mass is 10.0. The van der Waals surface area contributed by atoms with Crippen LogP contribution >= 0.6 is 0 Å². The van der Waals surface area contributed by atoms with Crippen LogP contribution in [0.25, 0.3) is 0 Å². The molecule has 22 heavy (non-hydrogen) atoms. The second-order valence-electron chi connectivity index (χ2n) is 5.18. The van der Waals surface area contributed by atoms with Crippen LogP contribution in [0.3, 0.4) is 0 Å². The Hall–Kier alpha value is -2.30. The topological polar surface area (TPSA) is 29.1 Å². The SMILES string of the molecule is Cc1ccc(C)c(C(=O)NC(c2ccccc2)C(F)(F)F)c1. The quantitative estimate of drug-likeness (QED) is 0.898. The maximum atomic E-state index is 13.2. The fourth-order valence-corrected chi connectivity index (χ4v) is 2.19. The number of nitrogens with one attached hydrogen (secondary N) is 1. The van der Waals surface area contributed by atoms with Crippen LogP contribution in [-0.4, -0.2) is 12.1 Å². The van der Waals surface area contributed by atoms with Gasteiger partial charge in [-0.15, -0.1) is 0 Å². The summed E-state index contributed by atoms with van der Waals surface area (Å²) >= 11 is 0. The third-order valence-corrected chi connectivity index (χ3v) is 3.37. The Balaban J connectivity index is 2.32. The van der Waals surface area contributed by atoms with Gasteiger partial charge in [0.2, 0.25) is 0 Å². The van der Waals surface area contributed by atoms with Crippen LogP contribution in [0.5, 0.6) is 0 Å². The Labute approximate surface area is 127 Å². The number of aryl methyl sites for hydroxylation is 2. The molecule has 1 N–H and O–H groups in total. The van der Waals surface area contributed by atoms with Gasteiger partial charge in [0.15, 0.2) is 6.04 Å². The molecule has 1 amide bonds. The maximum absolute atomic E-state index is 13.2. The molecule has 0 aliphatic heterocycles. The van der Waals surface area contributed by atoms with Gasteiger partial charge in [-0.25, -0.2) is 0 Å². The van der Waals surface area contributed by atoms with Gasteiger partial charge in [-0.2, -0.15) is 13.2 Å². The molecule has 0 aliphatic rings. The molecule has 0 bridgehead atoms. The zero-order chi connectivity index (χ0) is 16.3. The minimum atomic E-state index is -4.56. The lowest BCUT2D eigenvalue weighted by Crippen LogP contribution is -2.38. The average Bonchev–Trinajstić information content (AvgIpc) is 2.46. The average molecular weight is 307 g/mol. The molecule has 0 aromatic heterocycles. The number of amides is 1. The second-order valence-corrected chi connectivity index (χ2v) is 5.18. The fraction of sp³-hybridized carbons (Fsp3) is 0.235. The normalized spacial score (nSPS) is 12.8. The van der Waals surface area contributed by atoms with Gasteiger partial charge in [0.1, 0.15) is 0 Å². The monoisotopic (exact) mass is 307 g/mol. The van der Waals surface area contributed by atoms with E-state index in [0.29, 0.717) is 5.56 Å². The van der Waals surface area contributed by atoms with E-state index in [-0.39, 0.29) is 11.1 Å². The Kier molecular flexibility index (Phi) is 4.54. The lowest BCUT2D eigenvalue weighted by molar-refractivity contribution is -0.155. The molecule has 0 spiro atoms. The molecular weight excluding hydrogens is 291 g/mol. The first kappa shape index (κ1) is 16.1. The maximum Gasteiger partial charge on any atom is 0.412 e. The lowest BCUT2D eigenvalue weighted by Gasteiger charge is -2.22. The van der Waals surface area contributed by atoms with E-state index in [0.717, 1.165) is 5.56 Å². The number of alkyl halides is 3. The van der Waals surface area contributed by atoms with Crippen molar-refractivity contribution in [2.75, 3.05) is 0 Å². The van der Waals surface area contributed by atoms with E-state index >= 15 is 0 Å². The van der Waals surface area contributed by atoms with Crippen molar-refractivity contribution < 1.29 is 18.0 Å². The fourth-order valence-electron chi connectivity index (χ4n) is 2.19. The summed E-state index contributed by atoms with van der Waals surface area (Å²) in [5, 5.41) is 2.09. The van der Waals surface area contributed by atoms with Crippen LogP contribution in [0.1, 0.15) is 33.1 Å². The van der Waals surface area contributed by atoms with E-state index in [9.17, 15) is 18.0 Å². The molecule has 2 nitrogen and oxygen atoms in total. The smallest absolute Gasteiger partial charge is 0.337 e. The van der Waals surface area contributed by atoms with Crippen LogP contribution in [0, 0.1) is 13.8 Å². The number of halogens is 3. The summed E-state index contributed by atoms with van der Waals surface area (Å²) in [5.41, 5.74) is 1.72. The Bertz CT molecular complexity index is 665. The predicted molar refractivity (Wildman–Crippen MR) is 78.6 cm³/mol. The van der Waals surface area contributed by atoms with E-state index in [1.165, 1.54) is 24.3 Å². The van der Waals surface area contributed by atoms with Gasteiger partial charge in [0.25, 0.3) is 5.91 Å². The van der Waals surface area contributed by atoms with Gasteiger partial charge in [0, 0.05) is 5.56 Å². The Morgan fingerprint density at radius 3 is 2.27 bits per heavy atom. The van der Waals surface area contributed by atoms with Crippen molar-refractivity contribution in [2.45, 2.75) is 26.1 Å². The van der Waals surface area contributed by atoms with Crippen molar-refractivity contribution in [3.05, 3.63) is 70.8 Å². The molecule has 0 saturated heterocycles. The molecule has 2 aromatic rings. The highest BCUT2D eigenvalue weighted by molar-refractivity contribution is 5.96. The van der Waals surface area contributed by atoms with Crippen LogP contribution in [0.4, 0.5) is 13.2 Å². The minimum absolute atomic E-state index is 0.00801. The minimum Gasteiger partial charge on any atom is -0.337 e. The van der Waals surface area contributed by atoms with Gasteiger partial charge >= 0.3 is 6.18 Å². The molecule has 1 atom stereocenters. The summed E-state index contributed by atoms with van der Waals surface area (Å²) in [5.74, 6) is -0.729. The molecule has 5 heteroatoms. The van der Waals surface area contributed by atoms with Gasteiger partial charge in [-0.1, -0.05) is 48.0 Å². The number of benzene rings is 2. The first-order valence-corrected chi connectivity index (χ1v) is 6.79. The van der Waals surface area contributed by atoms with Crippen molar-refractivity contribution in [3.8, 4) is 0 Å². The molecule has 0 heterocycles. The molecule has 0 aliphatic carbocycles. The Morgan fingerprint density at radius 1 is 1.05 bits per heavy atom. The number of hydrogen-bond acceptors (Lipinski definition) is 1. The summed E-state index contributed by atoms with van der Waals surface area (Å²) in [4.78, 5) is 12.2. The van der Waals surface area contributed by atoms with Crippen molar-refractivity contribution in [1.82, 2.24) is 5.32 Å². The molecule has 2 aromatic carbocycles. The molecule has 116 valence electrons. The first-order chi connectivity index (χ1) is 10.3. The van der Waals surface area contributed by atoms with Gasteiger partial charge < -0.3 is 5.32 Å². The summed E-state index contributed by atoms with van der Waals surface area (Å²) in [6.07, 6.45) is -4.56. The summed E-state index contributed by atoms with van der Waals surface area (Å²) < 4.78 is 39.7. The highest BCUT2D eigenvalue weighted by Gasteiger charge is 2.42. The van der Waals surface area contributed by atoms with E-state index < -0.39 is 18.1 Å². The van der Waals surface area contributed by atoms with E-state index in [1.54, 1.807) is 32.0 Å². The standard InChI is InChI=1S/C17H16F3NO/c1-11-8-9-12(2)14(10-11)16(22)21-15(17(18,19)20)13-6-4-3-5-7-13/h3-10,15H,1-2H3,(H,21,22). The largest absolute Gasteiger partial charge is 0.412 e. The molecule has 1 unspecified atom stereocenters. The summed E-state index contributed by atoms with van der Waals surface area (Å²) in [7, 11) is 0. The zero-order valence-electron chi connectivity index (χ0n) is 12.2. The highest BCUT2D eigenvalue weighted by atomic mass is 19.4. The molecule has 2 rings (SSSR count). The number of carbonyl (C=O) groups excluding carboxylic acids is 1. The molecule has 0 radical (unpaired) electrons. The van der Waals surface area contributed by atoms with Crippen molar-refractivity contribution >= 4 is 5.91 Å². The number of rotatable bonds is 3. The summed E-state index contributed by atoms with van der Waals surface area (Å²) in [6.45, 7) is 3.48.